The second-order valence-electron chi connectivity index (χ2n) is 23.0. The first-order valence-electron chi connectivity index (χ1n) is 29.0. The van der Waals surface area contributed by atoms with Gasteiger partial charge in [0.15, 0.2) is 0 Å². The minimum absolute atomic E-state index is 0.128. The van der Waals surface area contributed by atoms with Crippen LogP contribution >= 0.6 is 0 Å². The molecular weight excluding hydrogens is 1000 g/mol. The number of hydrogen-bond donors (Lipinski definition) is 0. The number of para-hydroxylation sites is 2. The van der Waals surface area contributed by atoms with E-state index in [4.69, 9.17) is 0 Å². The van der Waals surface area contributed by atoms with Crippen LogP contribution in [-0.2, 0) is 18.3 Å². The van der Waals surface area contributed by atoms with E-state index in [1.807, 2.05) is 0 Å². The summed E-state index contributed by atoms with van der Waals surface area (Å²) in [5.74, 6) is 0. The van der Waals surface area contributed by atoms with Gasteiger partial charge in [0, 0.05) is 38.3 Å². The first-order valence-corrected chi connectivity index (χ1v) is 29.0. The fraction of sp³-hybridized carbons (Fsp3) is 0.0370. The molecule has 2 nitrogen and oxygen atoms in total. The van der Waals surface area contributed by atoms with E-state index >= 15 is 0 Å². The number of aromatic nitrogens is 2. The van der Waals surface area contributed by atoms with Gasteiger partial charge in [-0.25, -0.2) is 0 Å². The molecule has 17 rings (SSSR count). The summed E-state index contributed by atoms with van der Waals surface area (Å²) < 4.78 is 4.82. The summed E-state index contributed by atoms with van der Waals surface area (Å²) >= 11 is 0. The lowest BCUT2D eigenvalue weighted by Crippen LogP contribution is -2.26. The number of fused-ring (bicyclic) bond motifs is 14. The normalized spacial score (nSPS) is 13.4. The molecule has 1 spiro atoms. The van der Waals surface area contributed by atoms with Crippen LogP contribution < -0.4 is 0 Å². The van der Waals surface area contributed by atoms with E-state index in [9.17, 15) is 0 Å². The van der Waals surface area contributed by atoms with Crippen LogP contribution in [0.4, 0.5) is 0 Å². The van der Waals surface area contributed by atoms with Crippen LogP contribution in [0.5, 0.6) is 0 Å². The maximum atomic E-state index is 2.48. The summed E-state index contributed by atoms with van der Waals surface area (Å²) in [5.41, 5.74) is 25.2. The van der Waals surface area contributed by atoms with Crippen molar-refractivity contribution in [2.45, 2.75) is 18.3 Å². The van der Waals surface area contributed by atoms with Gasteiger partial charge in [-0.05, 0) is 173 Å². The predicted molar refractivity (Wildman–Crippen MR) is 352 cm³/mol. The monoisotopic (exact) mass is 1050 g/mol. The van der Waals surface area contributed by atoms with Crippen LogP contribution in [0.2, 0.25) is 0 Å². The number of hydrogen-bond acceptors (Lipinski definition) is 0. The van der Waals surface area contributed by atoms with E-state index in [1.165, 1.54) is 154 Å². The summed E-state index contributed by atoms with van der Waals surface area (Å²) in [7, 11) is 0. The van der Waals surface area contributed by atoms with Crippen molar-refractivity contribution in [1.29, 1.82) is 0 Å². The second kappa shape index (κ2) is 18.8. The molecule has 2 aliphatic carbocycles. The summed E-state index contributed by atoms with van der Waals surface area (Å²) in [6.07, 6.45) is 11.1. The van der Waals surface area contributed by atoms with E-state index < -0.39 is 0 Å². The Morgan fingerprint density at radius 1 is 0.265 bits per heavy atom. The summed E-state index contributed by atoms with van der Waals surface area (Å²) in [6, 6.07) is 104. The van der Waals surface area contributed by atoms with E-state index in [0.717, 1.165) is 12.8 Å². The molecule has 0 saturated carbocycles. The maximum Gasteiger partial charge on any atom is 0.0541 e. The fourth-order valence-corrected chi connectivity index (χ4v) is 14.2. The molecule has 388 valence electrons. The molecule has 2 heterocycles. The van der Waals surface area contributed by atoms with E-state index in [2.05, 4.69) is 312 Å². The van der Waals surface area contributed by atoms with Gasteiger partial charge in [-0.1, -0.05) is 243 Å². The topological polar surface area (TPSA) is 9.86 Å². The Kier molecular flexibility index (Phi) is 10.7. The van der Waals surface area contributed by atoms with Crippen LogP contribution in [-0.4, -0.2) is 9.13 Å². The molecule has 0 unspecified atom stereocenters. The SMILES string of the molecule is C(=C\c1ccc2c(c1)C1(Cc3ccccc3C1)c1cc(/C=C/c3ccc(-c4ccc5c(c4)c4ccccc4n5-c4ccc5ccccc5c4)cc3)ccc1-2)/c1ccc(-c2ccc3c(c2)c2ccccc2n3-c2ccc3ccccc3c2)cc1. The first-order chi connectivity index (χ1) is 41.0. The maximum absolute atomic E-state index is 2.48. The minimum atomic E-state index is -0.128. The first kappa shape index (κ1) is 47.3. The third kappa shape index (κ3) is 7.78. The van der Waals surface area contributed by atoms with E-state index in [-0.39, 0.29) is 5.41 Å². The number of rotatable bonds is 8. The minimum Gasteiger partial charge on any atom is -0.309 e. The van der Waals surface area contributed by atoms with Gasteiger partial charge in [0.25, 0.3) is 0 Å². The molecule has 0 saturated heterocycles. The zero-order valence-electron chi connectivity index (χ0n) is 45.7. The molecule has 13 aromatic carbocycles. The number of nitrogens with zero attached hydrogens (tertiary/aromatic N) is 2. The average Bonchev–Trinajstić information content (AvgIpc) is 1.94. The highest BCUT2D eigenvalue weighted by Gasteiger charge is 2.47. The predicted octanol–water partition coefficient (Wildman–Crippen LogP) is 20.9. The fourth-order valence-electron chi connectivity index (χ4n) is 14.2. The molecule has 15 aromatic rings. The van der Waals surface area contributed by atoms with E-state index in [1.54, 1.807) is 0 Å². The van der Waals surface area contributed by atoms with Gasteiger partial charge in [-0.15, -0.1) is 0 Å². The van der Waals surface area contributed by atoms with Crippen molar-refractivity contribution in [1.82, 2.24) is 9.13 Å². The quantitative estimate of drug-likeness (QED) is 0.134. The van der Waals surface area contributed by atoms with E-state index in [0.29, 0.717) is 0 Å². The van der Waals surface area contributed by atoms with Gasteiger partial charge in [-0.3, -0.25) is 0 Å². The Morgan fingerprint density at radius 2 is 0.639 bits per heavy atom. The van der Waals surface area contributed by atoms with Gasteiger partial charge in [0.05, 0.1) is 22.1 Å². The molecule has 0 N–H and O–H groups in total. The third-order valence-corrected chi connectivity index (χ3v) is 18.3. The van der Waals surface area contributed by atoms with Gasteiger partial charge >= 0.3 is 0 Å². The summed E-state index contributed by atoms with van der Waals surface area (Å²) in [6.45, 7) is 0. The van der Waals surface area contributed by atoms with Gasteiger partial charge in [0.1, 0.15) is 0 Å². The van der Waals surface area contributed by atoms with Gasteiger partial charge in [0.2, 0.25) is 0 Å². The summed E-state index contributed by atoms with van der Waals surface area (Å²) in [5, 5.41) is 10.0. The Hall–Kier alpha value is -10.5. The lowest BCUT2D eigenvalue weighted by molar-refractivity contribution is 0.563. The molecule has 0 fully saturated rings. The second-order valence-corrected chi connectivity index (χ2v) is 23.0. The van der Waals surface area contributed by atoms with Crippen molar-refractivity contribution < 1.29 is 0 Å². The highest BCUT2D eigenvalue weighted by Crippen LogP contribution is 2.56. The van der Waals surface area contributed by atoms with Crippen LogP contribution in [0.3, 0.4) is 0 Å². The highest BCUT2D eigenvalue weighted by atomic mass is 15.0. The molecule has 2 aromatic heterocycles. The van der Waals surface area contributed by atoms with Crippen LogP contribution in [0, 0.1) is 0 Å². The Morgan fingerprint density at radius 3 is 1.11 bits per heavy atom. The molecular formula is C81H54N2. The smallest absolute Gasteiger partial charge is 0.0541 e. The van der Waals surface area contributed by atoms with Crippen molar-refractivity contribution in [3.63, 3.8) is 0 Å². The van der Waals surface area contributed by atoms with Crippen molar-refractivity contribution in [2.75, 3.05) is 0 Å². The molecule has 2 heteroatoms. The van der Waals surface area contributed by atoms with Crippen molar-refractivity contribution in [3.05, 3.63) is 324 Å². The molecule has 0 bridgehead atoms. The zero-order chi connectivity index (χ0) is 54.6. The van der Waals surface area contributed by atoms with Crippen LogP contribution in [0.15, 0.2) is 279 Å². The standard InChI is InChI=1S/C81H54N2/c1-3-13-61-47-67(39-35-57(61)11-1)82-77-19-9-7-17-71(77)73-49-63(37-43-79(73)82)59-31-25-53(26-32-59)21-23-55-29-41-69-70-42-30-56(46-76(70)81(75(69)45-55)51-65-15-5-6-16-66(65)52-81)24-22-54-27-33-60(34-28-54)64-38-44-80-74(50-64)72-18-8-10-20-78(72)83(80)68-40-36-58-12-2-4-14-62(58)48-68/h1-50H,51-52H2/b23-21+,24-22+. The molecule has 83 heavy (non-hydrogen) atoms. The Labute approximate surface area is 482 Å². The molecule has 2 aliphatic rings. The molecule has 0 aliphatic heterocycles. The lowest BCUT2D eigenvalue weighted by Gasteiger charge is -2.27. The zero-order valence-corrected chi connectivity index (χ0v) is 45.7. The molecule has 0 radical (unpaired) electrons. The highest BCUT2D eigenvalue weighted by molar-refractivity contribution is 6.12. The van der Waals surface area contributed by atoms with Crippen molar-refractivity contribution in [2.24, 2.45) is 0 Å². The van der Waals surface area contributed by atoms with Gasteiger partial charge < -0.3 is 9.13 Å². The largest absolute Gasteiger partial charge is 0.309 e. The van der Waals surface area contributed by atoms with Crippen molar-refractivity contribution in [3.8, 4) is 44.8 Å². The van der Waals surface area contributed by atoms with Crippen molar-refractivity contribution >= 4 is 89.5 Å². The number of benzene rings is 13. The lowest BCUT2D eigenvalue weighted by atomic mass is 9.75. The summed E-state index contributed by atoms with van der Waals surface area (Å²) in [4.78, 5) is 0. The molecule has 0 atom stereocenters. The van der Waals surface area contributed by atoms with Crippen LogP contribution in [0.25, 0.3) is 134 Å². The Balaban J connectivity index is 0.637. The average molecular weight is 1060 g/mol. The molecule has 0 amide bonds. The Bertz CT molecular complexity index is 4870. The van der Waals surface area contributed by atoms with Crippen LogP contribution in [0.1, 0.15) is 44.5 Å². The third-order valence-electron chi connectivity index (χ3n) is 18.3. The van der Waals surface area contributed by atoms with Gasteiger partial charge in [-0.2, -0.15) is 0 Å².